The second-order valence-corrected chi connectivity index (χ2v) is 5.24. The Morgan fingerprint density at radius 1 is 0.640 bits per heavy atom. The van der Waals surface area contributed by atoms with Gasteiger partial charge in [0.1, 0.15) is 13.2 Å². The lowest BCUT2D eigenvalue weighted by molar-refractivity contribution is 0.202. The summed E-state index contributed by atoms with van der Waals surface area (Å²) < 4.78 is 69.9. The average molecular weight is 358 g/mol. The molecule has 0 heterocycles. The lowest BCUT2D eigenvalue weighted by Gasteiger charge is -2.12. The van der Waals surface area contributed by atoms with E-state index in [4.69, 9.17) is 14.2 Å². The van der Waals surface area contributed by atoms with Crippen LogP contribution >= 0.6 is 0 Å². The highest BCUT2D eigenvalue weighted by molar-refractivity contribution is 5.35. The number of rotatable bonds is 8. The highest BCUT2D eigenvalue weighted by Crippen LogP contribution is 2.28. The van der Waals surface area contributed by atoms with Crippen LogP contribution in [0.5, 0.6) is 17.2 Å². The van der Waals surface area contributed by atoms with Gasteiger partial charge in [0.2, 0.25) is 17.5 Å². The van der Waals surface area contributed by atoms with Gasteiger partial charge in [-0.1, -0.05) is 13.0 Å². The lowest BCUT2D eigenvalue weighted by Crippen LogP contribution is -2.11. The average Bonchev–Trinajstić information content (AvgIpc) is 2.61. The van der Waals surface area contributed by atoms with Crippen LogP contribution < -0.4 is 14.2 Å². The molecule has 0 bridgehead atoms. The summed E-state index contributed by atoms with van der Waals surface area (Å²) >= 11 is 0. The van der Waals surface area contributed by atoms with Crippen molar-refractivity contribution in [3.05, 3.63) is 53.1 Å². The fourth-order valence-electron chi connectivity index (χ4n) is 1.99. The fraction of sp³-hybridized carbons (Fsp3) is 0.333. The second-order valence-electron chi connectivity index (χ2n) is 5.24. The highest BCUT2D eigenvalue weighted by Gasteiger charge is 2.16. The smallest absolute Gasteiger partial charge is 0.204 e. The van der Waals surface area contributed by atoms with E-state index in [2.05, 4.69) is 0 Å². The molecule has 2 aromatic rings. The van der Waals surface area contributed by atoms with Crippen LogP contribution in [0.1, 0.15) is 18.9 Å². The minimum atomic E-state index is -1.18. The van der Waals surface area contributed by atoms with Gasteiger partial charge < -0.3 is 14.2 Å². The van der Waals surface area contributed by atoms with E-state index in [9.17, 15) is 17.6 Å². The molecule has 0 unspecified atom stereocenters. The van der Waals surface area contributed by atoms with Gasteiger partial charge in [-0.05, 0) is 37.1 Å². The summed E-state index contributed by atoms with van der Waals surface area (Å²) in [6.45, 7) is 3.18. The van der Waals surface area contributed by atoms with E-state index < -0.39 is 23.3 Å². The summed E-state index contributed by atoms with van der Waals surface area (Å²) in [5.74, 6) is -5.20. The van der Waals surface area contributed by atoms with Gasteiger partial charge in [-0.2, -0.15) is 13.2 Å². The quantitative estimate of drug-likeness (QED) is 0.501. The predicted octanol–water partition coefficient (Wildman–Crippen LogP) is 4.80. The molecule has 25 heavy (non-hydrogen) atoms. The molecule has 7 heteroatoms. The minimum Gasteiger partial charge on any atom is -0.490 e. The lowest BCUT2D eigenvalue weighted by atomic mass is 10.2. The Labute approximate surface area is 143 Å². The van der Waals surface area contributed by atoms with E-state index in [0.29, 0.717) is 6.42 Å². The Balaban J connectivity index is 1.92. The zero-order chi connectivity index (χ0) is 18.4. The van der Waals surface area contributed by atoms with Crippen molar-refractivity contribution in [1.29, 1.82) is 0 Å². The Bertz CT molecular complexity index is 735. The van der Waals surface area contributed by atoms with Crippen LogP contribution in [0.15, 0.2) is 24.3 Å². The molecule has 0 aromatic heterocycles. The molecule has 0 atom stereocenters. The van der Waals surface area contributed by atoms with E-state index in [-0.39, 0.29) is 42.6 Å². The zero-order valence-electron chi connectivity index (χ0n) is 13.9. The standard InChI is InChI=1S/C18H18F4O3/c1-3-8-23-13-6-7-14(18(22)17(13)21)25-10-9-24-12-5-4-11(2)15(19)16(12)20/h4-7H,3,8-10H2,1-2H3. The molecule has 2 rings (SSSR count). The van der Waals surface area contributed by atoms with Gasteiger partial charge >= 0.3 is 0 Å². The molecule has 0 aliphatic heterocycles. The fourth-order valence-corrected chi connectivity index (χ4v) is 1.99. The van der Waals surface area contributed by atoms with E-state index in [1.807, 2.05) is 6.92 Å². The summed E-state index contributed by atoms with van der Waals surface area (Å²) in [4.78, 5) is 0. The maximum Gasteiger partial charge on any atom is 0.204 e. The van der Waals surface area contributed by atoms with Gasteiger partial charge in [0.15, 0.2) is 23.1 Å². The van der Waals surface area contributed by atoms with Gasteiger partial charge in [-0.3, -0.25) is 0 Å². The Morgan fingerprint density at radius 3 is 1.52 bits per heavy atom. The third-order valence-corrected chi connectivity index (χ3v) is 3.31. The van der Waals surface area contributed by atoms with Gasteiger partial charge in [-0.25, -0.2) is 4.39 Å². The van der Waals surface area contributed by atoms with E-state index in [1.54, 1.807) is 0 Å². The number of hydrogen-bond acceptors (Lipinski definition) is 3. The van der Waals surface area contributed by atoms with E-state index in [0.717, 1.165) is 0 Å². The van der Waals surface area contributed by atoms with Crippen LogP contribution in [0.4, 0.5) is 17.6 Å². The molecular weight excluding hydrogens is 340 g/mol. The maximum atomic E-state index is 13.9. The van der Waals surface area contributed by atoms with Crippen molar-refractivity contribution in [2.45, 2.75) is 20.3 Å². The first kappa shape index (κ1) is 18.9. The third kappa shape index (κ3) is 4.55. The monoisotopic (exact) mass is 358 g/mol. The predicted molar refractivity (Wildman–Crippen MR) is 84.2 cm³/mol. The molecule has 0 aliphatic carbocycles. The molecule has 0 fully saturated rings. The Kier molecular flexibility index (Phi) is 6.50. The zero-order valence-corrected chi connectivity index (χ0v) is 13.9. The molecular formula is C18H18F4O3. The molecule has 0 N–H and O–H groups in total. The molecule has 0 radical (unpaired) electrons. The Morgan fingerprint density at radius 2 is 1.04 bits per heavy atom. The summed E-state index contributed by atoms with van der Waals surface area (Å²) in [6.07, 6.45) is 0.660. The summed E-state index contributed by atoms with van der Waals surface area (Å²) in [5, 5.41) is 0. The molecule has 0 saturated carbocycles. The number of ether oxygens (including phenoxy) is 3. The first-order chi connectivity index (χ1) is 12.0. The van der Waals surface area contributed by atoms with Crippen molar-refractivity contribution in [2.24, 2.45) is 0 Å². The Hall–Kier alpha value is -2.44. The molecule has 3 nitrogen and oxygen atoms in total. The minimum absolute atomic E-state index is 0.157. The maximum absolute atomic E-state index is 13.9. The van der Waals surface area contributed by atoms with Crippen LogP contribution in [-0.2, 0) is 0 Å². The summed E-state index contributed by atoms with van der Waals surface area (Å²) in [6, 6.07) is 5.15. The van der Waals surface area contributed by atoms with Gasteiger partial charge in [0, 0.05) is 0 Å². The third-order valence-electron chi connectivity index (χ3n) is 3.31. The van der Waals surface area contributed by atoms with Crippen molar-refractivity contribution in [2.75, 3.05) is 19.8 Å². The molecule has 0 aliphatic rings. The van der Waals surface area contributed by atoms with Crippen LogP contribution in [0.2, 0.25) is 0 Å². The summed E-state index contributed by atoms with van der Waals surface area (Å²) in [5.41, 5.74) is 0.157. The topological polar surface area (TPSA) is 27.7 Å². The van der Waals surface area contributed by atoms with E-state index in [1.165, 1.54) is 31.2 Å². The van der Waals surface area contributed by atoms with E-state index >= 15 is 0 Å². The largest absolute Gasteiger partial charge is 0.490 e. The first-order valence-corrected chi connectivity index (χ1v) is 7.76. The number of halogens is 4. The number of aryl methyl sites for hydroxylation is 1. The molecule has 0 spiro atoms. The van der Waals surface area contributed by atoms with Crippen molar-refractivity contribution >= 4 is 0 Å². The van der Waals surface area contributed by atoms with Crippen LogP contribution in [0, 0.1) is 30.2 Å². The van der Waals surface area contributed by atoms with Gasteiger partial charge in [0.05, 0.1) is 6.61 Å². The SMILES string of the molecule is CCCOc1ccc(OCCOc2ccc(C)c(F)c2F)c(F)c1F. The number of benzene rings is 2. The van der Waals surface area contributed by atoms with Crippen LogP contribution in [-0.4, -0.2) is 19.8 Å². The number of hydrogen-bond donors (Lipinski definition) is 0. The van der Waals surface area contributed by atoms with Crippen molar-refractivity contribution in [3.8, 4) is 17.2 Å². The molecule has 0 saturated heterocycles. The highest BCUT2D eigenvalue weighted by atomic mass is 19.2. The summed E-state index contributed by atoms with van der Waals surface area (Å²) in [7, 11) is 0. The second kappa shape index (κ2) is 8.60. The first-order valence-electron chi connectivity index (χ1n) is 7.76. The normalized spacial score (nSPS) is 10.6. The molecule has 2 aromatic carbocycles. The molecule has 136 valence electrons. The van der Waals surface area contributed by atoms with Crippen molar-refractivity contribution < 1.29 is 31.8 Å². The van der Waals surface area contributed by atoms with Crippen molar-refractivity contribution in [3.63, 3.8) is 0 Å². The van der Waals surface area contributed by atoms with Gasteiger partial charge in [0.25, 0.3) is 0 Å². The van der Waals surface area contributed by atoms with Crippen LogP contribution in [0.25, 0.3) is 0 Å². The molecule has 0 amide bonds. The van der Waals surface area contributed by atoms with Crippen molar-refractivity contribution in [1.82, 2.24) is 0 Å². The van der Waals surface area contributed by atoms with Crippen LogP contribution in [0.3, 0.4) is 0 Å². The van der Waals surface area contributed by atoms with Gasteiger partial charge in [-0.15, -0.1) is 0 Å².